The molecule has 0 saturated heterocycles. The molecule has 2 amide bonds. The third-order valence-electron chi connectivity index (χ3n) is 1.88. The van der Waals surface area contributed by atoms with E-state index in [9.17, 15) is 9.59 Å². The Bertz CT molecular complexity index is 501. The number of hydrogen-bond acceptors (Lipinski definition) is 3. The SMILES string of the molecule is N#Cc1cccc(C=CC(=O)NCC(N)=O)c1. The van der Waals surface area contributed by atoms with Crippen molar-refractivity contribution in [1.29, 1.82) is 5.26 Å². The highest BCUT2D eigenvalue weighted by atomic mass is 16.2. The third-order valence-corrected chi connectivity index (χ3v) is 1.88. The molecule has 0 saturated carbocycles. The monoisotopic (exact) mass is 229 g/mol. The summed E-state index contributed by atoms with van der Waals surface area (Å²) in [5.41, 5.74) is 6.12. The van der Waals surface area contributed by atoms with E-state index in [2.05, 4.69) is 5.32 Å². The molecule has 1 aromatic carbocycles. The predicted octanol–water partition coefficient (Wildman–Crippen LogP) is 0.173. The minimum absolute atomic E-state index is 0.193. The Hall–Kier alpha value is -2.61. The number of benzene rings is 1. The molecule has 86 valence electrons. The highest BCUT2D eigenvalue weighted by Crippen LogP contribution is 2.05. The Morgan fingerprint density at radius 2 is 2.24 bits per heavy atom. The molecular formula is C12H11N3O2. The molecule has 0 aliphatic carbocycles. The van der Waals surface area contributed by atoms with Crippen LogP contribution in [0.15, 0.2) is 30.3 Å². The Balaban J connectivity index is 2.61. The molecule has 0 atom stereocenters. The molecule has 0 aromatic heterocycles. The second-order valence-electron chi connectivity index (χ2n) is 3.25. The van der Waals surface area contributed by atoms with Gasteiger partial charge in [0, 0.05) is 6.08 Å². The van der Waals surface area contributed by atoms with Crippen LogP contribution in [0.2, 0.25) is 0 Å². The first kappa shape index (κ1) is 12.5. The van der Waals surface area contributed by atoms with E-state index in [0.717, 1.165) is 5.56 Å². The number of nitrogens with one attached hydrogen (secondary N) is 1. The largest absolute Gasteiger partial charge is 0.368 e. The van der Waals surface area contributed by atoms with Crippen molar-refractivity contribution >= 4 is 17.9 Å². The second-order valence-corrected chi connectivity index (χ2v) is 3.25. The standard InChI is InChI=1S/C12H11N3O2/c13-7-10-3-1-2-9(6-10)4-5-12(17)15-8-11(14)16/h1-6H,8H2,(H2,14,16)(H,15,17). The minimum Gasteiger partial charge on any atom is -0.368 e. The van der Waals surface area contributed by atoms with E-state index in [0.29, 0.717) is 5.56 Å². The molecule has 0 spiro atoms. The van der Waals surface area contributed by atoms with Gasteiger partial charge in [-0.15, -0.1) is 0 Å². The van der Waals surface area contributed by atoms with Gasteiger partial charge in [0.2, 0.25) is 11.8 Å². The number of nitrogens with two attached hydrogens (primary N) is 1. The van der Waals surface area contributed by atoms with Crippen molar-refractivity contribution in [1.82, 2.24) is 5.32 Å². The summed E-state index contributed by atoms with van der Waals surface area (Å²) in [6, 6.07) is 8.81. The van der Waals surface area contributed by atoms with Gasteiger partial charge in [0.05, 0.1) is 18.2 Å². The van der Waals surface area contributed by atoms with Gasteiger partial charge < -0.3 is 11.1 Å². The fourth-order valence-corrected chi connectivity index (χ4v) is 1.12. The van der Waals surface area contributed by atoms with Crippen molar-refractivity contribution in [3.8, 4) is 6.07 Å². The molecule has 0 heterocycles. The van der Waals surface area contributed by atoms with Gasteiger partial charge in [-0.1, -0.05) is 12.1 Å². The van der Waals surface area contributed by atoms with Gasteiger partial charge >= 0.3 is 0 Å². The second kappa shape index (κ2) is 6.08. The summed E-state index contributed by atoms with van der Waals surface area (Å²) in [4.78, 5) is 21.6. The van der Waals surface area contributed by atoms with Crippen molar-refractivity contribution in [2.75, 3.05) is 6.54 Å². The number of amides is 2. The van der Waals surface area contributed by atoms with Crippen molar-refractivity contribution in [3.05, 3.63) is 41.5 Å². The van der Waals surface area contributed by atoms with Gasteiger partial charge in [0.25, 0.3) is 0 Å². The number of hydrogen-bond donors (Lipinski definition) is 2. The van der Waals surface area contributed by atoms with Crippen LogP contribution in [0, 0.1) is 11.3 Å². The van der Waals surface area contributed by atoms with Gasteiger partial charge in [-0.25, -0.2) is 0 Å². The van der Waals surface area contributed by atoms with E-state index < -0.39 is 11.8 Å². The molecule has 0 aliphatic rings. The molecule has 5 nitrogen and oxygen atoms in total. The highest BCUT2D eigenvalue weighted by Gasteiger charge is 1.97. The van der Waals surface area contributed by atoms with Crippen LogP contribution < -0.4 is 11.1 Å². The zero-order valence-electron chi connectivity index (χ0n) is 9.01. The molecule has 1 aromatic rings. The minimum atomic E-state index is -0.599. The smallest absolute Gasteiger partial charge is 0.244 e. The Morgan fingerprint density at radius 3 is 2.88 bits per heavy atom. The van der Waals surface area contributed by atoms with Crippen LogP contribution in [0.25, 0.3) is 6.08 Å². The molecule has 0 fully saturated rings. The Kier molecular flexibility index (Phi) is 4.45. The zero-order chi connectivity index (χ0) is 12.7. The maximum atomic E-state index is 11.2. The molecule has 17 heavy (non-hydrogen) atoms. The maximum Gasteiger partial charge on any atom is 0.244 e. The average Bonchev–Trinajstić information content (AvgIpc) is 2.34. The van der Waals surface area contributed by atoms with Crippen LogP contribution in [0.4, 0.5) is 0 Å². The Labute approximate surface area is 98.5 Å². The number of primary amides is 1. The van der Waals surface area contributed by atoms with Crippen LogP contribution in [0.1, 0.15) is 11.1 Å². The van der Waals surface area contributed by atoms with Gasteiger partial charge in [-0.05, 0) is 23.8 Å². The van der Waals surface area contributed by atoms with Gasteiger partial charge in [-0.3, -0.25) is 9.59 Å². The summed E-state index contributed by atoms with van der Waals surface area (Å²) in [5.74, 6) is -1.01. The summed E-state index contributed by atoms with van der Waals surface area (Å²) in [7, 11) is 0. The third kappa shape index (κ3) is 4.62. The maximum absolute atomic E-state index is 11.2. The van der Waals surface area contributed by atoms with Crippen LogP contribution in [0.5, 0.6) is 0 Å². The van der Waals surface area contributed by atoms with Gasteiger partial charge in [-0.2, -0.15) is 5.26 Å². The van der Waals surface area contributed by atoms with E-state index >= 15 is 0 Å². The summed E-state index contributed by atoms with van der Waals surface area (Å²) in [6.07, 6.45) is 2.83. The van der Waals surface area contributed by atoms with Gasteiger partial charge in [0.15, 0.2) is 0 Å². The lowest BCUT2D eigenvalue weighted by Gasteiger charge is -1.97. The van der Waals surface area contributed by atoms with Crippen LogP contribution in [-0.2, 0) is 9.59 Å². The fraction of sp³-hybridized carbons (Fsp3) is 0.0833. The lowest BCUT2D eigenvalue weighted by atomic mass is 10.1. The first-order valence-electron chi connectivity index (χ1n) is 4.86. The molecular weight excluding hydrogens is 218 g/mol. The number of rotatable bonds is 4. The Morgan fingerprint density at radius 1 is 1.47 bits per heavy atom. The van der Waals surface area contributed by atoms with E-state index in [1.807, 2.05) is 6.07 Å². The van der Waals surface area contributed by atoms with E-state index in [1.165, 1.54) is 6.08 Å². The molecule has 0 radical (unpaired) electrons. The van der Waals surface area contributed by atoms with Crippen molar-refractivity contribution in [2.24, 2.45) is 5.73 Å². The van der Waals surface area contributed by atoms with E-state index in [1.54, 1.807) is 30.3 Å². The van der Waals surface area contributed by atoms with Crippen molar-refractivity contribution in [2.45, 2.75) is 0 Å². The molecule has 0 unspecified atom stereocenters. The summed E-state index contributed by atoms with van der Waals surface area (Å²) in [5, 5.41) is 11.0. The zero-order valence-corrected chi connectivity index (χ0v) is 9.01. The molecule has 5 heteroatoms. The first-order chi connectivity index (χ1) is 8.11. The van der Waals surface area contributed by atoms with Crippen LogP contribution >= 0.6 is 0 Å². The van der Waals surface area contributed by atoms with E-state index in [4.69, 9.17) is 11.0 Å². The molecule has 1 rings (SSSR count). The first-order valence-corrected chi connectivity index (χ1v) is 4.86. The van der Waals surface area contributed by atoms with Crippen molar-refractivity contribution < 1.29 is 9.59 Å². The fourth-order valence-electron chi connectivity index (χ4n) is 1.12. The highest BCUT2D eigenvalue weighted by molar-refractivity contribution is 5.94. The number of carbonyl (C=O) groups is 2. The molecule has 0 aliphatic heterocycles. The van der Waals surface area contributed by atoms with Crippen LogP contribution in [0.3, 0.4) is 0 Å². The van der Waals surface area contributed by atoms with Crippen LogP contribution in [-0.4, -0.2) is 18.4 Å². The quantitative estimate of drug-likeness (QED) is 0.720. The summed E-state index contributed by atoms with van der Waals surface area (Å²) < 4.78 is 0. The van der Waals surface area contributed by atoms with E-state index in [-0.39, 0.29) is 6.54 Å². The summed E-state index contributed by atoms with van der Waals surface area (Å²) in [6.45, 7) is -0.193. The normalized spacial score (nSPS) is 9.82. The molecule has 0 bridgehead atoms. The van der Waals surface area contributed by atoms with Crippen molar-refractivity contribution in [3.63, 3.8) is 0 Å². The lowest BCUT2D eigenvalue weighted by molar-refractivity contribution is -0.122. The number of carbonyl (C=O) groups excluding carboxylic acids is 2. The molecule has 3 N–H and O–H groups in total. The predicted molar refractivity (Wildman–Crippen MR) is 62.4 cm³/mol. The number of nitriles is 1. The lowest BCUT2D eigenvalue weighted by Crippen LogP contribution is -2.32. The topological polar surface area (TPSA) is 96.0 Å². The average molecular weight is 229 g/mol. The van der Waals surface area contributed by atoms with Gasteiger partial charge in [0.1, 0.15) is 0 Å². The summed E-state index contributed by atoms with van der Waals surface area (Å²) >= 11 is 0. The number of nitrogens with zero attached hydrogens (tertiary/aromatic N) is 1.